The number of anilines is 1. The van der Waals surface area contributed by atoms with E-state index in [2.05, 4.69) is 15.7 Å². The summed E-state index contributed by atoms with van der Waals surface area (Å²) in [5.41, 5.74) is 4.44. The van der Waals surface area contributed by atoms with Crippen LogP contribution in [0, 0.1) is 12.8 Å². The van der Waals surface area contributed by atoms with Gasteiger partial charge in [0.05, 0.1) is 33.7 Å². The van der Waals surface area contributed by atoms with Gasteiger partial charge in [0.15, 0.2) is 0 Å². The van der Waals surface area contributed by atoms with Gasteiger partial charge in [0.1, 0.15) is 0 Å². The summed E-state index contributed by atoms with van der Waals surface area (Å²) in [6, 6.07) is 16.6. The van der Waals surface area contributed by atoms with Gasteiger partial charge in [0.2, 0.25) is 5.91 Å². The number of hydrogen-bond acceptors (Lipinski definition) is 3. The Morgan fingerprint density at radius 2 is 1.83 bits per heavy atom. The first kappa shape index (κ1) is 24.3. The number of carbonyl (C=O) groups excluding carboxylic acids is 2. The first-order chi connectivity index (χ1) is 17.4. The zero-order valence-electron chi connectivity index (χ0n) is 19.9. The van der Waals surface area contributed by atoms with Gasteiger partial charge in [-0.25, -0.2) is 4.68 Å². The maximum absolute atomic E-state index is 13.2. The van der Waals surface area contributed by atoms with Gasteiger partial charge in [-0.3, -0.25) is 9.59 Å². The molecular formula is C28H26Cl2N4O2. The largest absolute Gasteiger partial charge is 0.352 e. The number of nitrogens with zero attached hydrogens (tertiary/aromatic N) is 2. The number of nitrogens with one attached hydrogen (secondary N) is 2. The van der Waals surface area contributed by atoms with Gasteiger partial charge < -0.3 is 10.6 Å². The highest BCUT2D eigenvalue weighted by atomic mass is 35.5. The average Bonchev–Trinajstić information content (AvgIpc) is 3.56. The molecule has 0 saturated heterocycles. The Kier molecular flexibility index (Phi) is 6.99. The molecule has 1 aliphatic rings. The van der Waals surface area contributed by atoms with Gasteiger partial charge in [0.25, 0.3) is 5.91 Å². The lowest BCUT2D eigenvalue weighted by Gasteiger charge is -2.12. The Bertz CT molecular complexity index is 1460. The van der Waals surface area contributed by atoms with Crippen molar-refractivity contribution in [1.82, 2.24) is 15.1 Å². The van der Waals surface area contributed by atoms with E-state index in [1.54, 1.807) is 23.0 Å². The molecule has 0 aliphatic heterocycles. The van der Waals surface area contributed by atoms with Crippen LogP contribution in [-0.2, 0) is 11.3 Å². The Morgan fingerprint density at radius 3 is 2.61 bits per heavy atom. The van der Waals surface area contributed by atoms with Crippen LogP contribution in [-0.4, -0.2) is 21.6 Å². The van der Waals surface area contributed by atoms with Crippen LogP contribution in [0.5, 0.6) is 0 Å². The highest BCUT2D eigenvalue weighted by molar-refractivity contribution is 6.34. The predicted molar refractivity (Wildman–Crippen MR) is 144 cm³/mol. The summed E-state index contributed by atoms with van der Waals surface area (Å²) in [7, 11) is 0. The lowest BCUT2D eigenvalue weighted by Crippen LogP contribution is -2.28. The maximum Gasteiger partial charge on any atom is 0.257 e. The third kappa shape index (κ3) is 4.97. The van der Waals surface area contributed by atoms with Crippen LogP contribution in [0.3, 0.4) is 0 Å². The van der Waals surface area contributed by atoms with E-state index >= 15 is 0 Å². The molecule has 1 aliphatic carbocycles. The second-order valence-electron chi connectivity index (χ2n) is 9.20. The van der Waals surface area contributed by atoms with E-state index in [4.69, 9.17) is 23.2 Å². The molecule has 6 nitrogen and oxygen atoms in total. The number of aromatic nitrogens is 2. The molecule has 0 radical (unpaired) electrons. The molecule has 36 heavy (non-hydrogen) atoms. The Balaban J connectivity index is 1.35. The van der Waals surface area contributed by atoms with Crippen molar-refractivity contribution in [2.75, 3.05) is 5.32 Å². The quantitative estimate of drug-likeness (QED) is 0.297. The summed E-state index contributed by atoms with van der Waals surface area (Å²) < 4.78 is 1.79. The van der Waals surface area contributed by atoms with E-state index in [9.17, 15) is 9.59 Å². The average molecular weight is 521 g/mol. The minimum atomic E-state index is -0.331. The molecule has 0 atom stereocenters. The van der Waals surface area contributed by atoms with Crippen molar-refractivity contribution in [3.63, 3.8) is 0 Å². The monoisotopic (exact) mass is 520 g/mol. The van der Waals surface area contributed by atoms with Crippen LogP contribution < -0.4 is 10.6 Å². The molecule has 1 fully saturated rings. The molecule has 4 aromatic rings. The Labute approximate surface area is 219 Å². The molecule has 0 unspecified atom stereocenters. The molecule has 1 saturated carbocycles. The SMILES string of the molecule is Cc1ccc(-n2ncc3c(NC(=O)c4cc(CNC(=O)C5CCCC5)ccc4Cl)cccc32)cc1Cl. The number of carbonyl (C=O) groups is 2. The summed E-state index contributed by atoms with van der Waals surface area (Å²) in [6.45, 7) is 2.30. The molecule has 1 heterocycles. The normalized spacial score (nSPS) is 13.8. The minimum Gasteiger partial charge on any atom is -0.352 e. The number of rotatable bonds is 6. The Morgan fingerprint density at radius 1 is 1.03 bits per heavy atom. The summed E-state index contributed by atoms with van der Waals surface area (Å²) in [4.78, 5) is 25.6. The lowest BCUT2D eigenvalue weighted by molar-refractivity contribution is -0.124. The summed E-state index contributed by atoms with van der Waals surface area (Å²) in [5.74, 6) is -0.160. The summed E-state index contributed by atoms with van der Waals surface area (Å²) >= 11 is 12.7. The molecule has 2 amide bonds. The third-order valence-corrected chi connectivity index (χ3v) is 7.47. The van der Waals surface area contributed by atoms with Crippen LogP contribution in [0.2, 0.25) is 10.0 Å². The fourth-order valence-electron chi connectivity index (χ4n) is 4.65. The highest BCUT2D eigenvalue weighted by Gasteiger charge is 2.22. The van der Waals surface area contributed by atoms with E-state index < -0.39 is 0 Å². The van der Waals surface area contributed by atoms with E-state index in [1.165, 1.54) is 0 Å². The van der Waals surface area contributed by atoms with Crippen molar-refractivity contribution >= 4 is 51.6 Å². The fraction of sp³-hybridized carbons (Fsp3) is 0.250. The smallest absolute Gasteiger partial charge is 0.257 e. The molecule has 1 aromatic heterocycles. The molecule has 0 bridgehead atoms. The topological polar surface area (TPSA) is 76.0 Å². The fourth-order valence-corrected chi connectivity index (χ4v) is 5.03. The van der Waals surface area contributed by atoms with Crippen molar-refractivity contribution in [1.29, 1.82) is 0 Å². The van der Waals surface area contributed by atoms with Crippen LogP contribution in [0.15, 0.2) is 60.8 Å². The van der Waals surface area contributed by atoms with E-state index in [0.717, 1.165) is 53.4 Å². The third-order valence-electron chi connectivity index (χ3n) is 6.73. The van der Waals surface area contributed by atoms with Crippen LogP contribution in [0.1, 0.15) is 47.2 Å². The highest BCUT2D eigenvalue weighted by Crippen LogP contribution is 2.29. The standard InChI is InChI=1S/C28H26Cl2N4O2/c1-17-9-11-20(14-24(17)30)34-26-8-4-7-25(22(26)16-32-34)33-28(36)21-13-18(10-12-23(21)29)15-31-27(35)19-5-2-3-6-19/h4,7-14,16,19H,2-3,5-6,15H2,1H3,(H,31,35)(H,33,36). The number of fused-ring (bicyclic) bond motifs is 1. The number of aryl methyl sites for hydroxylation is 1. The number of amides is 2. The zero-order valence-corrected chi connectivity index (χ0v) is 21.4. The van der Waals surface area contributed by atoms with E-state index in [-0.39, 0.29) is 17.7 Å². The summed E-state index contributed by atoms with van der Waals surface area (Å²) in [5, 5.41) is 12.3. The zero-order chi connectivity index (χ0) is 25.2. The van der Waals surface area contributed by atoms with Crippen molar-refractivity contribution in [2.24, 2.45) is 5.92 Å². The minimum absolute atomic E-state index is 0.0759. The van der Waals surface area contributed by atoms with Gasteiger partial charge in [0, 0.05) is 22.9 Å². The van der Waals surface area contributed by atoms with Gasteiger partial charge in [-0.05, 0) is 67.3 Å². The molecule has 0 spiro atoms. The van der Waals surface area contributed by atoms with E-state index in [0.29, 0.717) is 27.8 Å². The molecule has 5 rings (SSSR count). The van der Waals surface area contributed by atoms with Gasteiger partial charge in [-0.1, -0.05) is 54.2 Å². The first-order valence-corrected chi connectivity index (χ1v) is 12.8. The van der Waals surface area contributed by atoms with Gasteiger partial charge in [-0.15, -0.1) is 0 Å². The lowest BCUT2D eigenvalue weighted by atomic mass is 10.1. The molecular weight excluding hydrogens is 495 g/mol. The van der Waals surface area contributed by atoms with Crippen molar-refractivity contribution in [3.05, 3.63) is 87.5 Å². The van der Waals surface area contributed by atoms with E-state index in [1.807, 2.05) is 49.4 Å². The second-order valence-corrected chi connectivity index (χ2v) is 10.0. The molecule has 3 aromatic carbocycles. The Hall–Kier alpha value is -3.35. The second kappa shape index (κ2) is 10.3. The number of halogens is 2. The van der Waals surface area contributed by atoms with Gasteiger partial charge >= 0.3 is 0 Å². The number of benzene rings is 3. The maximum atomic E-state index is 13.2. The molecule has 8 heteroatoms. The predicted octanol–water partition coefficient (Wildman–Crippen LogP) is 6.70. The van der Waals surface area contributed by atoms with Crippen LogP contribution >= 0.6 is 23.2 Å². The van der Waals surface area contributed by atoms with Crippen molar-refractivity contribution < 1.29 is 9.59 Å². The van der Waals surface area contributed by atoms with Crippen molar-refractivity contribution in [3.8, 4) is 5.69 Å². The molecule has 184 valence electrons. The molecule has 2 N–H and O–H groups in total. The van der Waals surface area contributed by atoms with Crippen molar-refractivity contribution in [2.45, 2.75) is 39.2 Å². The van der Waals surface area contributed by atoms with Gasteiger partial charge in [-0.2, -0.15) is 5.10 Å². The first-order valence-electron chi connectivity index (χ1n) is 12.0. The van der Waals surface area contributed by atoms with Crippen LogP contribution in [0.4, 0.5) is 5.69 Å². The number of hydrogen-bond donors (Lipinski definition) is 2. The summed E-state index contributed by atoms with van der Waals surface area (Å²) in [6.07, 6.45) is 5.81. The van der Waals surface area contributed by atoms with Crippen LogP contribution in [0.25, 0.3) is 16.6 Å².